The van der Waals surface area contributed by atoms with E-state index in [1.165, 1.54) is 11.8 Å². The first kappa shape index (κ1) is 18.9. The van der Waals surface area contributed by atoms with E-state index in [9.17, 15) is 9.59 Å². The number of aromatic nitrogens is 3. The standard InChI is InChI=1S/C15H18Cl2N4O2S/c1-3-4-7-21-14(23)19-20-15(21)24-9(2)13(22)18-12-6-5-10(16)8-11(12)17/h5-6,8-9H,3-4,7H2,1-2H3,(H,18,22)(H,19,23). The highest BCUT2D eigenvalue weighted by molar-refractivity contribution is 8.00. The number of H-pyrrole nitrogens is 1. The molecule has 0 aliphatic rings. The maximum absolute atomic E-state index is 12.3. The monoisotopic (exact) mass is 388 g/mol. The summed E-state index contributed by atoms with van der Waals surface area (Å²) in [6, 6.07) is 4.86. The molecule has 1 heterocycles. The minimum atomic E-state index is -0.452. The normalized spacial score (nSPS) is 12.2. The molecule has 0 aliphatic heterocycles. The van der Waals surface area contributed by atoms with Crippen molar-refractivity contribution in [3.8, 4) is 0 Å². The summed E-state index contributed by atoms with van der Waals surface area (Å²) in [5.41, 5.74) is 0.225. The van der Waals surface area contributed by atoms with E-state index in [4.69, 9.17) is 23.2 Å². The average Bonchev–Trinajstić information content (AvgIpc) is 2.88. The molecule has 1 amide bonds. The third kappa shape index (κ3) is 4.78. The Hall–Kier alpha value is -1.44. The zero-order valence-corrected chi connectivity index (χ0v) is 15.6. The first-order chi connectivity index (χ1) is 11.4. The molecular weight excluding hydrogens is 371 g/mol. The third-order valence-corrected chi connectivity index (χ3v) is 4.94. The van der Waals surface area contributed by atoms with Crippen LogP contribution in [0.1, 0.15) is 26.7 Å². The molecule has 0 aliphatic carbocycles. The van der Waals surface area contributed by atoms with Crippen molar-refractivity contribution in [3.63, 3.8) is 0 Å². The van der Waals surface area contributed by atoms with Crippen LogP contribution in [0.25, 0.3) is 0 Å². The highest BCUT2D eigenvalue weighted by Gasteiger charge is 2.19. The first-order valence-electron chi connectivity index (χ1n) is 7.50. The summed E-state index contributed by atoms with van der Waals surface area (Å²) in [5.74, 6) is -0.235. The van der Waals surface area contributed by atoms with E-state index in [2.05, 4.69) is 15.5 Å². The molecule has 1 atom stereocenters. The summed E-state index contributed by atoms with van der Waals surface area (Å²) in [6.07, 6.45) is 1.83. The fraction of sp³-hybridized carbons (Fsp3) is 0.400. The van der Waals surface area contributed by atoms with Crippen molar-refractivity contribution in [1.29, 1.82) is 0 Å². The fourth-order valence-electron chi connectivity index (χ4n) is 1.94. The molecule has 0 bridgehead atoms. The number of aromatic amines is 1. The largest absolute Gasteiger partial charge is 0.343 e. The zero-order valence-electron chi connectivity index (χ0n) is 13.3. The van der Waals surface area contributed by atoms with Crippen LogP contribution in [0.5, 0.6) is 0 Å². The molecule has 0 saturated heterocycles. The van der Waals surface area contributed by atoms with E-state index in [-0.39, 0.29) is 11.6 Å². The quantitative estimate of drug-likeness (QED) is 0.706. The van der Waals surface area contributed by atoms with Crippen LogP contribution < -0.4 is 11.0 Å². The molecule has 1 unspecified atom stereocenters. The lowest BCUT2D eigenvalue weighted by Crippen LogP contribution is -2.24. The molecule has 0 spiro atoms. The van der Waals surface area contributed by atoms with Crippen molar-refractivity contribution >= 4 is 46.6 Å². The van der Waals surface area contributed by atoms with Crippen molar-refractivity contribution in [3.05, 3.63) is 38.7 Å². The first-order valence-corrected chi connectivity index (χ1v) is 9.13. The van der Waals surface area contributed by atoms with Crippen LogP contribution >= 0.6 is 35.0 Å². The summed E-state index contributed by atoms with van der Waals surface area (Å²) in [7, 11) is 0. The molecule has 1 aromatic carbocycles. The number of carbonyl (C=O) groups is 1. The zero-order chi connectivity index (χ0) is 17.7. The number of nitrogens with one attached hydrogen (secondary N) is 2. The second-order valence-corrected chi connectivity index (χ2v) is 7.34. The smallest absolute Gasteiger partial charge is 0.324 e. The number of nitrogens with zero attached hydrogens (tertiary/aromatic N) is 2. The molecule has 130 valence electrons. The maximum atomic E-state index is 12.3. The van der Waals surface area contributed by atoms with E-state index in [0.717, 1.165) is 12.8 Å². The number of rotatable bonds is 7. The van der Waals surface area contributed by atoms with Gasteiger partial charge in [0.1, 0.15) is 0 Å². The van der Waals surface area contributed by atoms with Gasteiger partial charge in [-0.05, 0) is 31.5 Å². The fourth-order valence-corrected chi connectivity index (χ4v) is 3.28. The third-order valence-electron chi connectivity index (χ3n) is 3.30. The summed E-state index contributed by atoms with van der Waals surface area (Å²) in [6.45, 7) is 4.36. The molecule has 2 N–H and O–H groups in total. The minimum absolute atomic E-state index is 0.235. The Morgan fingerprint density at radius 1 is 1.46 bits per heavy atom. The topological polar surface area (TPSA) is 79.8 Å². The summed E-state index contributed by atoms with van der Waals surface area (Å²) < 4.78 is 1.55. The Bertz CT molecular complexity index is 775. The Labute approximate surface area is 153 Å². The van der Waals surface area contributed by atoms with E-state index >= 15 is 0 Å². The highest BCUT2D eigenvalue weighted by Crippen LogP contribution is 2.27. The van der Waals surface area contributed by atoms with Crippen molar-refractivity contribution in [2.24, 2.45) is 0 Å². The predicted octanol–water partition coefficient (Wildman–Crippen LogP) is 3.80. The van der Waals surface area contributed by atoms with Crippen LogP contribution in [-0.4, -0.2) is 25.9 Å². The van der Waals surface area contributed by atoms with Gasteiger partial charge in [0.05, 0.1) is 16.0 Å². The Kier molecular flexibility index (Phi) is 6.77. The van der Waals surface area contributed by atoms with Gasteiger partial charge in [-0.1, -0.05) is 48.3 Å². The average molecular weight is 389 g/mol. The van der Waals surface area contributed by atoms with Crippen molar-refractivity contribution in [1.82, 2.24) is 14.8 Å². The van der Waals surface area contributed by atoms with Crippen molar-refractivity contribution in [2.75, 3.05) is 5.32 Å². The second-order valence-electron chi connectivity index (χ2n) is 5.19. The van der Waals surface area contributed by atoms with Crippen LogP contribution in [0.2, 0.25) is 10.0 Å². The molecule has 24 heavy (non-hydrogen) atoms. The van der Waals surface area contributed by atoms with Crippen LogP contribution in [0, 0.1) is 0 Å². The van der Waals surface area contributed by atoms with Gasteiger partial charge in [0, 0.05) is 11.6 Å². The number of anilines is 1. The lowest BCUT2D eigenvalue weighted by atomic mass is 10.3. The van der Waals surface area contributed by atoms with E-state index in [1.54, 1.807) is 29.7 Å². The van der Waals surface area contributed by atoms with Gasteiger partial charge in [0.25, 0.3) is 0 Å². The van der Waals surface area contributed by atoms with E-state index in [1.807, 2.05) is 6.92 Å². The number of thioether (sulfide) groups is 1. The van der Waals surface area contributed by atoms with Crippen LogP contribution in [0.15, 0.2) is 28.2 Å². The number of benzene rings is 1. The summed E-state index contributed by atoms with van der Waals surface area (Å²) in [4.78, 5) is 24.1. The number of halogens is 2. The summed E-state index contributed by atoms with van der Waals surface area (Å²) >= 11 is 13.1. The molecule has 1 aromatic heterocycles. The minimum Gasteiger partial charge on any atom is -0.324 e. The predicted molar refractivity (Wildman–Crippen MR) is 98.2 cm³/mol. The molecule has 0 saturated carbocycles. The van der Waals surface area contributed by atoms with Gasteiger partial charge >= 0.3 is 5.69 Å². The van der Waals surface area contributed by atoms with Gasteiger partial charge in [-0.15, -0.1) is 5.10 Å². The van der Waals surface area contributed by atoms with Crippen molar-refractivity contribution in [2.45, 2.75) is 43.6 Å². The molecule has 2 rings (SSSR count). The van der Waals surface area contributed by atoms with Crippen LogP contribution in [0.3, 0.4) is 0 Å². The number of amides is 1. The molecule has 2 aromatic rings. The van der Waals surface area contributed by atoms with Crippen molar-refractivity contribution < 1.29 is 4.79 Å². The molecule has 0 fully saturated rings. The Morgan fingerprint density at radius 2 is 2.21 bits per heavy atom. The number of carbonyl (C=O) groups excluding carboxylic acids is 1. The lowest BCUT2D eigenvalue weighted by Gasteiger charge is -2.13. The van der Waals surface area contributed by atoms with Gasteiger partial charge in [0.2, 0.25) is 5.91 Å². The second kappa shape index (κ2) is 8.60. The SMILES string of the molecule is CCCCn1c(SC(C)C(=O)Nc2ccc(Cl)cc2Cl)n[nH]c1=O. The van der Waals surface area contributed by atoms with Gasteiger partial charge < -0.3 is 5.32 Å². The van der Waals surface area contributed by atoms with E-state index < -0.39 is 5.25 Å². The molecule has 0 radical (unpaired) electrons. The van der Waals surface area contributed by atoms with Gasteiger partial charge in [-0.3, -0.25) is 9.36 Å². The Balaban J connectivity index is 2.05. The van der Waals surface area contributed by atoms with Crippen LogP contribution in [0.4, 0.5) is 5.69 Å². The number of unbranched alkanes of at least 4 members (excludes halogenated alkanes) is 1. The highest BCUT2D eigenvalue weighted by atomic mass is 35.5. The van der Waals surface area contributed by atoms with Gasteiger partial charge in [0.15, 0.2) is 5.16 Å². The molecule has 6 nitrogen and oxygen atoms in total. The summed E-state index contributed by atoms with van der Waals surface area (Å²) in [5, 5.41) is 10.1. The number of hydrogen-bond donors (Lipinski definition) is 2. The lowest BCUT2D eigenvalue weighted by molar-refractivity contribution is -0.115. The number of hydrogen-bond acceptors (Lipinski definition) is 4. The van der Waals surface area contributed by atoms with Crippen LogP contribution in [-0.2, 0) is 11.3 Å². The maximum Gasteiger partial charge on any atom is 0.343 e. The molecule has 9 heteroatoms. The van der Waals surface area contributed by atoms with Gasteiger partial charge in [-0.2, -0.15) is 0 Å². The molecular formula is C15H18Cl2N4O2S. The van der Waals surface area contributed by atoms with E-state index in [0.29, 0.717) is 27.4 Å². The Morgan fingerprint density at radius 3 is 2.88 bits per heavy atom. The van der Waals surface area contributed by atoms with Gasteiger partial charge in [-0.25, -0.2) is 9.89 Å².